The van der Waals surface area contributed by atoms with Crippen LogP contribution in [0.5, 0.6) is 0 Å². The quantitative estimate of drug-likeness (QED) is 0.750. The molecule has 0 N–H and O–H groups in total. The van der Waals surface area contributed by atoms with Crippen LogP contribution in [0.15, 0.2) is 24.3 Å². The molecule has 0 bridgehead atoms. The highest BCUT2D eigenvalue weighted by molar-refractivity contribution is 7.98. The molecule has 2 heterocycles. The summed E-state index contributed by atoms with van der Waals surface area (Å²) in [5.74, 6) is 1.82. The van der Waals surface area contributed by atoms with Crippen molar-refractivity contribution in [3.8, 4) is 0 Å². The number of hydrogen-bond acceptors (Lipinski definition) is 3. The lowest BCUT2D eigenvalue weighted by Gasteiger charge is -2.32. The normalized spacial score (nSPS) is 26.1. The average Bonchev–Trinajstić information content (AvgIpc) is 3.11. The van der Waals surface area contributed by atoms with E-state index in [1.165, 1.54) is 18.2 Å². The standard InChI is InChI=1S/C19H28FN3OS/c1-21(2)19(24)23-12-15-11-22(8-5-9-25-3)13-17(15)18(23)14-6-4-7-16(20)10-14/h4,6-7,10,15,17-18H,5,8-9,11-13H2,1-3H3/t15-,17-,18+/m1/s1. The lowest BCUT2D eigenvalue weighted by Crippen LogP contribution is -2.41. The Morgan fingerprint density at radius 1 is 1.32 bits per heavy atom. The Morgan fingerprint density at radius 2 is 2.12 bits per heavy atom. The van der Waals surface area contributed by atoms with Crippen LogP contribution in [0.25, 0.3) is 0 Å². The zero-order chi connectivity index (χ0) is 18.0. The fourth-order valence-corrected chi connectivity index (χ4v) is 4.74. The number of thioether (sulfide) groups is 1. The molecule has 3 rings (SSSR count). The molecule has 0 unspecified atom stereocenters. The minimum absolute atomic E-state index is 0.0256. The van der Waals surface area contributed by atoms with Gasteiger partial charge in [-0.25, -0.2) is 9.18 Å². The van der Waals surface area contributed by atoms with Crippen LogP contribution >= 0.6 is 11.8 Å². The maximum Gasteiger partial charge on any atom is 0.320 e. The third-order valence-corrected chi connectivity index (χ3v) is 6.08. The van der Waals surface area contributed by atoms with Crippen molar-refractivity contribution in [2.45, 2.75) is 12.5 Å². The van der Waals surface area contributed by atoms with Crippen LogP contribution in [0.2, 0.25) is 0 Å². The molecule has 0 radical (unpaired) electrons. The zero-order valence-electron chi connectivity index (χ0n) is 15.3. The van der Waals surface area contributed by atoms with Crippen LogP contribution in [0.3, 0.4) is 0 Å². The van der Waals surface area contributed by atoms with Gasteiger partial charge in [0.25, 0.3) is 0 Å². The van der Waals surface area contributed by atoms with E-state index in [0.717, 1.165) is 31.7 Å². The third kappa shape index (κ3) is 3.95. The fraction of sp³-hybridized carbons (Fsp3) is 0.632. The maximum absolute atomic E-state index is 13.8. The van der Waals surface area contributed by atoms with Gasteiger partial charge in [-0.2, -0.15) is 11.8 Å². The van der Waals surface area contributed by atoms with E-state index in [0.29, 0.717) is 11.8 Å². The molecule has 138 valence electrons. The summed E-state index contributed by atoms with van der Waals surface area (Å²) in [6, 6.07) is 6.78. The van der Waals surface area contributed by atoms with Crippen LogP contribution in [-0.4, -0.2) is 73.0 Å². The minimum atomic E-state index is -0.229. The highest BCUT2D eigenvalue weighted by Crippen LogP contribution is 2.45. The van der Waals surface area contributed by atoms with Gasteiger partial charge in [-0.05, 0) is 48.6 Å². The van der Waals surface area contributed by atoms with Crippen molar-refractivity contribution in [2.24, 2.45) is 11.8 Å². The van der Waals surface area contributed by atoms with Gasteiger partial charge in [0.2, 0.25) is 0 Å². The summed E-state index contributed by atoms with van der Waals surface area (Å²) in [7, 11) is 3.57. The Labute approximate surface area is 154 Å². The molecule has 25 heavy (non-hydrogen) atoms. The van der Waals surface area contributed by atoms with Gasteiger partial charge in [-0.15, -0.1) is 0 Å². The molecule has 2 saturated heterocycles. The van der Waals surface area contributed by atoms with Crippen molar-refractivity contribution in [3.63, 3.8) is 0 Å². The molecule has 1 aromatic rings. The van der Waals surface area contributed by atoms with Gasteiger partial charge in [0.05, 0.1) is 6.04 Å². The summed E-state index contributed by atoms with van der Waals surface area (Å²) in [6.07, 6.45) is 3.34. The highest BCUT2D eigenvalue weighted by Gasteiger charge is 2.49. The van der Waals surface area contributed by atoms with E-state index in [4.69, 9.17) is 0 Å². The first-order chi connectivity index (χ1) is 12.0. The lowest BCUT2D eigenvalue weighted by molar-refractivity contribution is 0.152. The number of fused-ring (bicyclic) bond motifs is 1. The molecule has 2 fully saturated rings. The molecular weight excluding hydrogens is 337 g/mol. The number of benzene rings is 1. The smallest absolute Gasteiger partial charge is 0.320 e. The van der Waals surface area contributed by atoms with Crippen LogP contribution in [0.4, 0.5) is 9.18 Å². The zero-order valence-corrected chi connectivity index (χ0v) is 16.1. The maximum atomic E-state index is 13.8. The van der Waals surface area contributed by atoms with Gasteiger partial charge in [0.15, 0.2) is 0 Å². The average molecular weight is 366 g/mol. The number of carbonyl (C=O) groups excluding carboxylic acids is 1. The molecule has 4 nitrogen and oxygen atoms in total. The predicted molar refractivity (Wildman–Crippen MR) is 101 cm³/mol. The van der Waals surface area contributed by atoms with Crippen LogP contribution in [0.1, 0.15) is 18.0 Å². The molecular formula is C19H28FN3OS. The molecule has 6 heteroatoms. The summed E-state index contributed by atoms with van der Waals surface area (Å²) in [4.78, 5) is 18.8. The Morgan fingerprint density at radius 3 is 2.80 bits per heavy atom. The van der Waals surface area contributed by atoms with E-state index in [2.05, 4.69) is 11.2 Å². The van der Waals surface area contributed by atoms with Crippen molar-refractivity contribution in [1.82, 2.24) is 14.7 Å². The minimum Gasteiger partial charge on any atom is -0.331 e. The number of halogens is 1. The fourth-order valence-electron chi connectivity index (χ4n) is 4.32. The molecule has 2 aliphatic heterocycles. The summed E-state index contributed by atoms with van der Waals surface area (Å²) >= 11 is 1.89. The van der Waals surface area contributed by atoms with Crippen molar-refractivity contribution >= 4 is 17.8 Å². The molecule has 0 aromatic heterocycles. The second-order valence-electron chi connectivity index (χ2n) is 7.36. The molecule has 2 aliphatic rings. The number of amides is 2. The molecule has 2 amide bonds. The highest BCUT2D eigenvalue weighted by atomic mass is 32.2. The number of rotatable bonds is 5. The summed E-state index contributed by atoms with van der Waals surface area (Å²) < 4.78 is 13.8. The molecule has 0 saturated carbocycles. The van der Waals surface area contributed by atoms with Gasteiger partial charge < -0.3 is 14.7 Å². The Balaban J connectivity index is 1.80. The van der Waals surface area contributed by atoms with E-state index in [1.807, 2.05) is 22.7 Å². The van der Waals surface area contributed by atoms with Gasteiger partial charge in [0, 0.05) is 39.6 Å². The van der Waals surface area contributed by atoms with E-state index < -0.39 is 0 Å². The lowest BCUT2D eigenvalue weighted by atomic mass is 9.89. The third-order valence-electron chi connectivity index (χ3n) is 5.38. The van der Waals surface area contributed by atoms with Gasteiger partial charge in [-0.1, -0.05) is 12.1 Å². The first-order valence-corrected chi connectivity index (χ1v) is 10.4. The van der Waals surface area contributed by atoms with Crippen LogP contribution < -0.4 is 0 Å². The van der Waals surface area contributed by atoms with Crippen molar-refractivity contribution < 1.29 is 9.18 Å². The molecule has 0 spiro atoms. The number of likely N-dealkylation sites (tertiary alicyclic amines) is 2. The largest absolute Gasteiger partial charge is 0.331 e. The Hall–Kier alpha value is -1.27. The van der Waals surface area contributed by atoms with Crippen molar-refractivity contribution in [1.29, 1.82) is 0 Å². The Bertz CT molecular complexity index is 612. The van der Waals surface area contributed by atoms with Crippen LogP contribution in [0, 0.1) is 17.7 Å². The van der Waals surface area contributed by atoms with Gasteiger partial charge in [-0.3, -0.25) is 0 Å². The van der Waals surface area contributed by atoms with E-state index >= 15 is 0 Å². The topological polar surface area (TPSA) is 26.8 Å². The van der Waals surface area contributed by atoms with Gasteiger partial charge >= 0.3 is 6.03 Å². The first-order valence-electron chi connectivity index (χ1n) is 8.96. The van der Waals surface area contributed by atoms with E-state index in [9.17, 15) is 9.18 Å². The summed E-state index contributed by atoms with van der Waals surface area (Å²) in [5.41, 5.74) is 0.925. The van der Waals surface area contributed by atoms with E-state index in [1.54, 1.807) is 31.1 Å². The van der Waals surface area contributed by atoms with Crippen LogP contribution in [-0.2, 0) is 0 Å². The Kier molecular flexibility index (Phi) is 5.89. The number of urea groups is 1. The predicted octanol–water partition coefficient (Wildman–Crippen LogP) is 3.17. The number of nitrogens with zero attached hydrogens (tertiary/aromatic N) is 3. The van der Waals surface area contributed by atoms with Gasteiger partial charge in [0.1, 0.15) is 5.82 Å². The summed E-state index contributed by atoms with van der Waals surface area (Å²) in [6.45, 7) is 3.92. The number of carbonyl (C=O) groups is 1. The SMILES string of the molecule is CSCCCN1C[C@@H]2CN(C(=O)N(C)C)[C@@H](c3cccc(F)c3)[C@@H]2C1. The molecule has 0 aliphatic carbocycles. The first kappa shape index (κ1) is 18.5. The van der Waals surface area contributed by atoms with E-state index in [-0.39, 0.29) is 17.9 Å². The van der Waals surface area contributed by atoms with Crippen molar-refractivity contribution in [2.75, 3.05) is 52.3 Å². The number of hydrogen-bond donors (Lipinski definition) is 0. The molecule has 1 aromatic carbocycles. The second-order valence-corrected chi connectivity index (χ2v) is 8.34. The second kappa shape index (κ2) is 7.96. The summed E-state index contributed by atoms with van der Waals surface area (Å²) in [5, 5.41) is 0. The monoisotopic (exact) mass is 365 g/mol. The molecule has 3 atom stereocenters. The van der Waals surface area contributed by atoms with Crippen molar-refractivity contribution in [3.05, 3.63) is 35.6 Å².